The molecule has 0 spiro atoms. The van der Waals surface area contributed by atoms with E-state index in [1.165, 1.54) is 37.7 Å². The molecule has 7 heteroatoms. The number of allylic oxidation sites excluding steroid dienone is 1. The summed E-state index contributed by atoms with van der Waals surface area (Å²) in [6, 6.07) is 0. The number of aliphatic hydroxyl groups is 5. The van der Waals surface area contributed by atoms with Crippen molar-refractivity contribution in [3.8, 4) is 0 Å². The largest absolute Gasteiger partial charge is 0.396 e. The van der Waals surface area contributed by atoms with Crippen molar-refractivity contribution in [2.24, 2.45) is 56.7 Å². The maximum absolute atomic E-state index is 10.8. The fourth-order valence-electron chi connectivity index (χ4n) is 13.1. The van der Waals surface area contributed by atoms with Crippen LogP contribution < -0.4 is 0 Å². The van der Waals surface area contributed by atoms with Gasteiger partial charge in [-0.2, -0.15) is 0 Å². The van der Waals surface area contributed by atoms with E-state index in [0.29, 0.717) is 36.2 Å². The van der Waals surface area contributed by atoms with E-state index < -0.39 is 37.3 Å². The molecule has 5 aliphatic carbocycles. The first kappa shape index (κ1) is 32.4. The Bertz CT molecular complexity index is 1080. The van der Waals surface area contributed by atoms with E-state index in [9.17, 15) is 25.5 Å². The third kappa shape index (κ3) is 4.38. The molecule has 0 amide bonds. The SMILES string of the molecule is C=C(C)[C@@H]1CC[C@]2(CO)CC[C@]3(C)[C@H](CCC4[C@@]5(C)CC[C@@H](O[C@@H]6O[C@H](CO)[C@@H](O)[C@H](O)[C@H]6O)C(C)(C)[C@@H]5CC[C@]43C)[C@@H]12. The number of rotatable bonds is 5. The minimum atomic E-state index is -1.43. The van der Waals surface area contributed by atoms with E-state index in [1.807, 2.05) is 0 Å². The monoisotopic (exact) mass is 604 g/mol. The first-order valence-electron chi connectivity index (χ1n) is 17.3. The summed E-state index contributed by atoms with van der Waals surface area (Å²) < 4.78 is 12.3. The fraction of sp³-hybridized carbons (Fsp3) is 0.944. The Kier molecular flexibility index (Phi) is 8.10. The highest BCUT2D eigenvalue weighted by molar-refractivity contribution is 5.21. The molecule has 1 heterocycles. The second kappa shape index (κ2) is 10.7. The van der Waals surface area contributed by atoms with Crippen LogP contribution in [0.25, 0.3) is 0 Å². The lowest BCUT2D eigenvalue weighted by molar-refractivity contribution is -0.332. The summed E-state index contributed by atoms with van der Waals surface area (Å²) in [7, 11) is 0. The van der Waals surface area contributed by atoms with Gasteiger partial charge in [-0.1, -0.05) is 46.8 Å². The van der Waals surface area contributed by atoms with Gasteiger partial charge in [0.25, 0.3) is 0 Å². The molecule has 1 saturated heterocycles. The van der Waals surface area contributed by atoms with E-state index >= 15 is 0 Å². The molecule has 6 rings (SSSR count). The second-order valence-electron chi connectivity index (χ2n) is 17.4. The van der Waals surface area contributed by atoms with Crippen molar-refractivity contribution in [2.45, 2.75) is 143 Å². The topological polar surface area (TPSA) is 120 Å². The molecule has 1 aliphatic heterocycles. The smallest absolute Gasteiger partial charge is 0.186 e. The lowest BCUT2D eigenvalue weighted by Crippen LogP contribution is -2.67. The molecular weight excluding hydrogens is 544 g/mol. The summed E-state index contributed by atoms with van der Waals surface area (Å²) in [4.78, 5) is 0. The van der Waals surface area contributed by atoms with E-state index in [0.717, 1.165) is 32.1 Å². The standard InChI is InChI=1S/C36H60O7/c1-20(2)21-10-15-36(19-38)17-16-34(6)22(27(21)36)8-9-25-33(5)13-12-26(32(3,4)24(33)11-14-35(25,34)7)43-31-30(41)29(40)28(39)23(18-37)42-31/h21-31,37-41H,1,8-19H2,2-7H3/t21-,22+,23+,24-,25?,26+,27+,28+,29-,30+,31-,33-,34+,35+,36+/m0/s1. The summed E-state index contributed by atoms with van der Waals surface area (Å²) in [5, 5.41) is 51.8. The van der Waals surface area contributed by atoms with Gasteiger partial charge in [0.1, 0.15) is 24.4 Å². The molecule has 0 bridgehead atoms. The number of hydrogen-bond acceptors (Lipinski definition) is 7. The van der Waals surface area contributed by atoms with E-state index in [-0.39, 0.29) is 33.2 Å². The summed E-state index contributed by atoms with van der Waals surface area (Å²) in [6.45, 7) is 19.0. The third-order valence-electron chi connectivity index (χ3n) is 15.6. The van der Waals surface area contributed by atoms with Gasteiger partial charge in [0, 0.05) is 6.61 Å². The highest BCUT2D eigenvalue weighted by atomic mass is 16.7. The van der Waals surface area contributed by atoms with Crippen molar-refractivity contribution in [1.82, 2.24) is 0 Å². The molecule has 1 unspecified atom stereocenters. The predicted octanol–water partition coefficient (Wildman–Crippen LogP) is 4.82. The summed E-state index contributed by atoms with van der Waals surface area (Å²) in [6.07, 6.45) is 4.94. The summed E-state index contributed by atoms with van der Waals surface area (Å²) >= 11 is 0. The second-order valence-corrected chi connectivity index (χ2v) is 17.4. The van der Waals surface area contributed by atoms with E-state index in [4.69, 9.17) is 9.47 Å². The Morgan fingerprint density at radius 3 is 2.16 bits per heavy atom. The van der Waals surface area contributed by atoms with E-state index in [2.05, 4.69) is 48.1 Å². The van der Waals surface area contributed by atoms with Gasteiger partial charge in [0.05, 0.1) is 12.7 Å². The van der Waals surface area contributed by atoms with Gasteiger partial charge in [0.2, 0.25) is 0 Å². The maximum atomic E-state index is 10.8. The zero-order valence-corrected chi connectivity index (χ0v) is 27.6. The van der Waals surface area contributed by atoms with Crippen molar-refractivity contribution >= 4 is 0 Å². The third-order valence-corrected chi connectivity index (χ3v) is 15.6. The van der Waals surface area contributed by atoms with Crippen LogP contribution in [-0.4, -0.2) is 75.6 Å². The number of aliphatic hydroxyl groups excluding tert-OH is 5. The Morgan fingerprint density at radius 2 is 1.51 bits per heavy atom. The van der Waals surface area contributed by atoms with Crippen molar-refractivity contribution < 1.29 is 35.0 Å². The molecule has 0 radical (unpaired) electrons. The van der Waals surface area contributed by atoms with Gasteiger partial charge in [-0.05, 0) is 128 Å². The average molecular weight is 605 g/mol. The van der Waals surface area contributed by atoms with Crippen LogP contribution in [-0.2, 0) is 9.47 Å². The maximum Gasteiger partial charge on any atom is 0.186 e. The Labute approximate surface area is 259 Å². The number of ether oxygens (including phenoxy) is 2. The molecule has 246 valence electrons. The average Bonchev–Trinajstić information content (AvgIpc) is 3.35. The van der Waals surface area contributed by atoms with Crippen LogP contribution in [0.3, 0.4) is 0 Å². The molecule has 0 aromatic rings. The molecule has 6 aliphatic rings. The van der Waals surface area contributed by atoms with Crippen molar-refractivity contribution in [1.29, 1.82) is 0 Å². The van der Waals surface area contributed by atoms with Crippen LogP contribution in [0, 0.1) is 56.7 Å². The molecule has 0 aromatic heterocycles. The highest BCUT2D eigenvalue weighted by Crippen LogP contribution is 2.77. The lowest BCUT2D eigenvalue weighted by atomic mass is 9.32. The molecule has 5 N–H and O–H groups in total. The quantitative estimate of drug-likeness (QED) is 0.225. The van der Waals surface area contributed by atoms with Crippen molar-refractivity contribution in [3.63, 3.8) is 0 Å². The van der Waals surface area contributed by atoms with Gasteiger partial charge in [0.15, 0.2) is 6.29 Å². The van der Waals surface area contributed by atoms with Crippen LogP contribution >= 0.6 is 0 Å². The first-order valence-corrected chi connectivity index (χ1v) is 17.3. The first-order chi connectivity index (χ1) is 20.1. The molecule has 43 heavy (non-hydrogen) atoms. The fourth-order valence-corrected chi connectivity index (χ4v) is 13.1. The Hall–Kier alpha value is -0.540. The zero-order valence-electron chi connectivity index (χ0n) is 27.6. The van der Waals surface area contributed by atoms with Gasteiger partial charge < -0.3 is 35.0 Å². The number of fused-ring (bicyclic) bond motifs is 7. The zero-order chi connectivity index (χ0) is 31.3. The van der Waals surface area contributed by atoms with Crippen LogP contribution in [0.1, 0.15) is 106 Å². The minimum Gasteiger partial charge on any atom is -0.396 e. The van der Waals surface area contributed by atoms with Crippen LogP contribution in [0.15, 0.2) is 12.2 Å². The van der Waals surface area contributed by atoms with Gasteiger partial charge in [-0.3, -0.25) is 0 Å². The van der Waals surface area contributed by atoms with Crippen molar-refractivity contribution in [3.05, 3.63) is 12.2 Å². The predicted molar refractivity (Wildman–Crippen MR) is 165 cm³/mol. The molecular formula is C36H60O7. The molecule has 15 atom stereocenters. The molecule has 5 saturated carbocycles. The molecule has 6 fully saturated rings. The van der Waals surface area contributed by atoms with Crippen molar-refractivity contribution in [2.75, 3.05) is 13.2 Å². The minimum absolute atomic E-state index is 0.0693. The van der Waals surface area contributed by atoms with Crippen LogP contribution in [0.4, 0.5) is 0 Å². The van der Waals surface area contributed by atoms with Gasteiger partial charge >= 0.3 is 0 Å². The number of hydrogen-bond donors (Lipinski definition) is 5. The van der Waals surface area contributed by atoms with Gasteiger partial charge in [-0.15, -0.1) is 0 Å². The lowest BCUT2D eigenvalue weighted by Gasteiger charge is -2.73. The van der Waals surface area contributed by atoms with Crippen LogP contribution in [0.2, 0.25) is 0 Å². The summed E-state index contributed by atoms with van der Waals surface area (Å²) in [5.74, 6) is 2.74. The Morgan fingerprint density at radius 1 is 0.791 bits per heavy atom. The Balaban J connectivity index is 1.26. The normalized spacial score (nSPS) is 55.9. The molecule has 7 nitrogen and oxygen atoms in total. The van der Waals surface area contributed by atoms with Crippen LogP contribution in [0.5, 0.6) is 0 Å². The molecule has 0 aromatic carbocycles. The highest BCUT2D eigenvalue weighted by Gasteiger charge is 2.71. The van der Waals surface area contributed by atoms with E-state index in [1.54, 1.807) is 0 Å². The van der Waals surface area contributed by atoms with Gasteiger partial charge in [-0.25, -0.2) is 0 Å². The summed E-state index contributed by atoms with van der Waals surface area (Å²) in [5.41, 5.74) is 1.83.